The molecule has 0 spiro atoms. The van der Waals surface area contributed by atoms with Crippen LogP contribution in [-0.2, 0) is 19.1 Å². The normalized spacial score (nSPS) is 37.3. The Kier molecular flexibility index (Phi) is 3.29. The molecule has 0 radical (unpaired) electrons. The SMILES string of the molecule is CC(C)(C)C(=O)[C@H]1[C@H]2[C@@H](C(=O)[C@H]3OC[C@@H]2O3)[C@H]2C=Cc3ccccc3N21. The number of nitrogens with zero attached hydrogens (tertiary/aromatic N) is 1. The third-order valence-corrected chi connectivity index (χ3v) is 6.16. The highest BCUT2D eigenvalue weighted by molar-refractivity contribution is 5.98. The molecule has 3 fully saturated rings. The number of carbonyl (C=O) groups is 2. The molecule has 26 heavy (non-hydrogen) atoms. The van der Waals surface area contributed by atoms with Crippen LogP contribution in [0.2, 0.25) is 0 Å². The van der Waals surface area contributed by atoms with Gasteiger partial charge in [-0.05, 0) is 11.6 Å². The van der Waals surface area contributed by atoms with Crippen molar-refractivity contribution in [1.82, 2.24) is 0 Å². The molecule has 4 aliphatic rings. The van der Waals surface area contributed by atoms with E-state index in [-0.39, 0.29) is 41.6 Å². The number of ketones is 2. The van der Waals surface area contributed by atoms with Gasteiger partial charge in [-0.1, -0.05) is 51.1 Å². The molecule has 5 rings (SSSR count). The lowest BCUT2D eigenvalue weighted by molar-refractivity contribution is -0.164. The zero-order chi connectivity index (χ0) is 18.2. The minimum Gasteiger partial charge on any atom is -0.353 e. The minimum atomic E-state index is -0.767. The molecular formula is C21H23NO4. The van der Waals surface area contributed by atoms with Crippen molar-refractivity contribution in [2.24, 2.45) is 17.3 Å². The molecule has 1 aromatic rings. The summed E-state index contributed by atoms with van der Waals surface area (Å²) < 4.78 is 11.4. The third-order valence-electron chi connectivity index (χ3n) is 6.16. The highest BCUT2D eigenvalue weighted by Gasteiger charge is 2.64. The maximum Gasteiger partial charge on any atom is 0.218 e. The molecule has 4 aliphatic heterocycles. The van der Waals surface area contributed by atoms with Gasteiger partial charge in [-0.2, -0.15) is 0 Å². The smallest absolute Gasteiger partial charge is 0.218 e. The van der Waals surface area contributed by atoms with Crippen molar-refractivity contribution >= 4 is 23.3 Å². The number of anilines is 1. The van der Waals surface area contributed by atoms with Crippen molar-refractivity contribution in [3.63, 3.8) is 0 Å². The molecule has 3 saturated heterocycles. The molecule has 6 atom stereocenters. The number of Topliss-reactive ketones (excluding diaryl/α,β-unsaturated/α-hetero) is 2. The van der Waals surface area contributed by atoms with Gasteiger partial charge in [0.2, 0.25) is 6.29 Å². The maximum absolute atomic E-state index is 13.5. The number of rotatable bonds is 1. The van der Waals surface area contributed by atoms with Gasteiger partial charge in [0.25, 0.3) is 0 Å². The van der Waals surface area contributed by atoms with E-state index in [1.54, 1.807) is 0 Å². The van der Waals surface area contributed by atoms with Crippen LogP contribution >= 0.6 is 0 Å². The van der Waals surface area contributed by atoms with Crippen molar-refractivity contribution in [3.05, 3.63) is 35.9 Å². The Bertz CT molecular complexity index is 824. The van der Waals surface area contributed by atoms with E-state index in [0.717, 1.165) is 11.3 Å². The lowest BCUT2D eigenvalue weighted by atomic mass is 9.74. The van der Waals surface area contributed by atoms with E-state index in [1.165, 1.54) is 0 Å². The second-order valence-corrected chi connectivity index (χ2v) is 8.72. The average molecular weight is 353 g/mol. The summed E-state index contributed by atoms with van der Waals surface area (Å²) in [6, 6.07) is 7.59. The molecule has 0 amide bonds. The van der Waals surface area contributed by atoms with Gasteiger partial charge in [0.1, 0.15) is 0 Å². The topological polar surface area (TPSA) is 55.8 Å². The number of hydrogen-bond donors (Lipinski definition) is 0. The molecule has 5 heteroatoms. The lowest BCUT2D eigenvalue weighted by Gasteiger charge is -2.38. The van der Waals surface area contributed by atoms with Gasteiger partial charge in [-0.3, -0.25) is 9.59 Å². The van der Waals surface area contributed by atoms with Crippen LogP contribution in [0, 0.1) is 17.3 Å². The maximum atomic E-state index is 13.5. The summed E-state index contributed by atoms with van der Waals surface area (Å²) in [6.07, 6.45) is 3.18. The number of fused-ring (bicyclic) bond motifs is 8. The van der Waals surface area contributed by atoms with Gasteiger partial charge in [0, 0.05) is 17.0 Å². The van der Waals surface area contributed by atoms with E-state index in [0.29, 0.717) is 6.61 Å². The minimum absolute atomic E-state index is 0.0213. The first-order valence-electron chi connectivity index (χ1n) is 9.28. The Labute approximate surface area is 153 Å². The van der Waals surface area contributed by atoms with E-state index in [2.05, 4.69) is 23.1 Å². The van der Waals surface area contributed by atoms with E-state index in [1.807, 2.05) is 39.0 Å². The van der Waals surface area contributed by atoms with Gasteiger partial charge >= 0.3 is 0 Å². The summed E-state index contributed by atoms with van der Waals surface area (Å²) in [4.78, 5) is 28.7. The van der Waals surface area contributed by atoms with Gasteiger partial charge in [-0.15, -0.1) is 0 Å². The first kappa shape index (κ1) is 16.2. The number of carbonyl (C=O) groups excluding carboxylic acids is 2. The van der Waals surface area contributed by atoms with Crippen molar-refractivity contribution in [1.29, 1.82) is 0 Å². The van der Waals surface area contributed by atoms with Gasteiger partial charge in [0.05, 0.1) is 30.7 Å². The van der Waals surface area contributed by atoms with Gasteiger partial charge in [-0.25, -0.2) is 0 Å². The summed E-state index contributed by atoms with van der Waals surface area (Å²) >= 11 is 0. The summed E-state index contributed by atoms with van der Waals surface area (Å²) in [5.41, 5.74) is 1.62. The van der Waals surface area contributed by atoms with Crippen LogP contribution in [0.25, 0.3) is 6.08 Å². The molecular weight excluding hydrogens is 330 g/mol. The average Bonchev–Trinajstić information content (AvgIpc) is 3.19. The first-order valence-corrected chi connectivity index (χ1v) is 9.28. The van der Waals surface area contributed by atoms with Crippen LogP contribution in [-0.4, -0.2) is 42.7 Å². The summed E-state index contributed by atoms with van der Waals surface area (Å²) in [6.45, 7) is 6.23. The Balaban J connectivity index is 1.69. The molecule has 0 aromatic heterocycles. The highest BCUT2D eigenvalue weighted by Crippen LogP contribution is 2.51. The number of benzene rings is 1. The molecule has 0 unspecified atom stereocenters. The fourth-order valence-electron chi connectivity index (χ4n) is 5.02. The summed E-state index contributed by atoms with van der Waals surface area (Å²) in [7, 11) is 0. The molecule has 1 aromatic carbocycles. The zero-order valence-corrected chi connectivity index (χ0v) is 15.2. The Morgan fingerprint density at radius 1 is 1.23 bits per heavy atom. The second-order valence-electron chi connectivity index (χ2n) is 8.72. The van der Waals surface area contributed by atoms with Crippen molar-refractivity contribution in [3.8, 4) is 0 Å². The van der Waals surface area contributed by atoms with Crippen molar-refractivity contribution < 1.29 is 19.1 Å². The van der Waals surface area contributed by atoms with Crippen LogP contribution in [0.3, 0.4) is 0 Å². The van der Waals surface area contributed by atoms with Crippen LogP contribution in [0.1, 0.15) is 26.3 Å². The van der Waals surface area contributed by atoms with Crippen molar-refractivity contribution in [2.45, 2.75) is 45.2 Å². The number of ether oxygens (including phenoxy) is 2. The lowest BCUT2D eigenvalue weighted by Crippen LogP contribution is -2.51. The third kappa shape index (κ3) is 2.04. The largest absolute Gasteiger partial charge is 0.353 e. The molecule has 0 saturated carbocycles. The van der Waals surface area contributed by atoms with Crippen molar-refractivity contribution in [2.75, 3.05) is 11.5 Å². The molecule has 5 nitrogen and oxygen atoms in total. The number of hydrogen-bond acceptors (Lipinski definition) is 5. The Hall–Kier alpha value is -1.98. The molecule has 0 N–H and O–H groups in total. The van der Waals surface area contributed by atoms with E-state index < -0.39 is 11.7 Å². The molecule has 0 aliphatic carbocycles. The molecule has 136 valence electrons. The van der Waals surface area contributed by atoms with Crippen LogP contribution in [0.5, 0.6) is 0 Å². The summed E-state index contributed by atoms with van der Waals surface area (Å²) in [5, 5.41) is 0. The van der Waals surface area contributed by atoms with Crippen LogP contribution < -0.4 is 4.90 Å². The van der Waals surface area contributed by atoms with E-state index in [4.69, 9.17) is 9.47 Å². The fourth-order valence-corrected chi connectivity index (χ4v) is 5.02. The molecule has 4 heterocycles. The monoisotopic (exact) mass is 353 g/mol. The predicted octanol–water partition coefficient (Wildman–Crippen LogP) is 2.44. The predicted molar refractivity (Wildman–Crippen MR) is 96.6 cm³/mol. The first-order chi connectivity index (χ1) is 12.4. The van der Waals surface area contributed by atoms with Gasteiger partial charge in [0.15, 0.2) is 11.6 Å². The zero-order valence-electron chi connectivity index (χ0n) is 15.2. The standard InChI is InChI=1S/C21H23NO4/c1-21(2,3)19(24)17-16-14-10-25-20(26-14)18(23)15(16)13-9-8-11-6-4-5-7-12(11)22(13)17/h4-9,13-17,20H,10H2,1-3H3/t13-,14+,15+,16-,17-,20+/m1/s1. The van der Waals surface area contributed by atoms with Crippen LogP contribution in [0.15, 0.2) is 30.3 Å². The fraction of sp³-hybridized carbons (Fsp3) is 0.524. The molecule has 2 bridgehead atoms. The highest BCUT2D eigenvalue weighted by atomic mass is 16.7. The Morgan fingerprint density at radius 3 is 2.77 bits per heavy atom. The van der Waals surface area contributed by atoms with E-state index in [9.17, 15) is 9.59 Å². The number of para-hydroxylation sites is 1. The summed E-state index contributed by atoms with van der Waals surface area (Å²) in [5.74, 6) is -0.301. The second kappa shape index (κ2) is 5.27. The van der Waals surface area contributed by atoms with Gasteiger partial charge < -0.3 is 14.4 Å². The quantitative estimate of drug-likeness (QED) is 0.776. The van der Waals surface area contributed by atoms with E-state index >= 15 is 0 Å². The van der Waals surface area contributed by atoms with Crippen LogP contribution in [0.4, 0.5) is 5.69 Å². The Morgan fingerprint density at radius 2 is 2.00 bits per heavy atom.